The SMILES string of the molecule is CC(N)C1CCCCN1C(=O)C(C)C1CC1. The summed E-state index contributed by atoms with van der Waals surface area (Å²) in [5.41, 5.74) is 5.99. The molecule has 3 unspecified atom stereocenters. The quantitative estimate of drug-likeness (QED) is 0.794. The first-order chi connectivity index (χ1) is 7.61. The summed E-state index contributed by atoms with van der Waals surface area (Å²) >= 11 is 0. The topological polar surface area (TPSA) is 46.3 Å². The average Bonchev–Trinajstić information content (AvgIpc) is 3.11. The predicted molar refractivity (Wildman–Crippen MR) is 64.9 cm³/mol. The van der Waals surface area contributed by atoms with Crippen molar-refractivity contribution in [2.45, 2.75) is 58.0 Å². The Morgan fingerprint density at radius 3 is 2.50 bits per heavy atom. The van der Waals surface area contributed by atoms with Gasteiger partial charge >= 0.3 is 0 Å². The molecule has 92 valence electrons. The Kier molecular flexibility index (Phi) is 3.53. The predicted octanol–water partition coefficient (Wildman–Crippen LogP) is 1.76. The molecule has 2 fully saturated rings. The van der Waals surface area contributed by atoms with Crippen LogP contribution < -0.4 is 5.73 Å². The monoisotopic (exact) mass is 224 g/mol. The lowest BCUT2D eigenvalue weighted by Crippen LogP contribution is -2.53. The van der Waals surface area contributed by atoms with Crippen molar-refractivity contribution in [1.82, 2.24) is 4.90 Å². The van der Waals surface area contributed by atoms with Gasteiger partial charge in [0, 0.05) is 24.5 Å². The van der Waals surface area contributed by atoms with Crippen LogP contribution in [0, 0.1) is 11.8 Å². The second-order valence-corrected chi connectivity index (χ2v) is 5.58. The second kappa shape index (κ2) is 4.74. The molecule has 0 bridgehead atoms. The largest absolute Gasteiger partial charge is 0.338 e. The molecular weight excluding hydrogens is 200 g/mol. The number of amides is 1. The van der Waals surface area contributed by atoms with Gasteiger partial charge in [0.25, 0.3) is 0 Å². The van der Waals surface area contributed by atoms with Crippen molar-refractivity contribution >= 4 is 5.91 Å². The van der Waals surface area contributed by atoms with Crippen molar-refractivity contribution < 1.29 is 4.79 Å². The van der Waals surface area contributed by atoms with E-state index in [0.717, 1.165) is 19.4 Å². The number of carbonyl (C=O) groups excluding carboxylic acids is 1. The summed E-state index contributed by atoms with van der Waals surface area (Å²) in [6.45, 7) is 5.03. The molecule has 2 aliphatic rings. The van der Waals surface area contributed by atoms with Gasteiger partial charge < -0.3 is 10.6 Å². The zero-order valence-electron chi connectivity index (χ0n) is 10.5. The van der Waals surface area contributed by atoms with E-state index in [4.69, 9.17) is 5.73 Å². The van der Waals surface area contributed by atoms with Crippen LogP contribution in [0.1, 0.15) is 46.0 Å². The van der Waals surface area contributed by atoms with Crippen molar-refractivity contribution in [1.29, 1.82) is 0 Å². The van der Waals surface area contributed by atoms with Crippen molar-refractivity contribution in [3.8, 4) is 0 Å². The van der Waals surface area contributed by atoms with Gasteiger partial charge in [0.15, 0.2) is 0 Å². The number of nitrogens with two attached hydrogens (primary N) is 1. The van der Waals surface area contributed by atoms with Gasteiger partial charge in [0.2, 0.25) is 5.91 Å². The molecule has 3 nitrogen and oxygen atoms in total. The van der Waals surface area contributed by atoms with E-state index in [-0.39, 0.29) is 18.0 Å². The highest BCUT2D eigenvalue weighted by Gasteiger charge is 2.38. The summed E-state index contributed by atoms with van der Waals surface area (Å²) in [6, 6.07) is 0.387. The molecule has 3 atom stereocenters. The summed E-state index contributed by atoms with van der Waals surface area (Å²) in [6.07, 6.45) is 5.92. The Hall–Kier alpha value is -0.570. The minimum absolute atomic E-state index is 0.107. The van der Waals surface area contributed by atoms with E-state index < -0.39 is 0 Å². The maximum atomic E-state index is 12.4. The first-order valence-corrected chi connectivity index (χ1v) is 6.67. The lowest BCUT2D eigenvalue weighted by Gasteiger charge is -2.39. The van der Waals surface area contributed by atoms with E-state index >= 15 is 0 Å². The van der Waals surface area contributed by atoms with Crippen molar-refractivity contribution in [2.75, 3.05) is 6.54 Å². The van der Waals surface area contributed by atoms with Crippen LogP contribution in [-0.4, -0.2) is 29.4 Å². The highest BCUT2D eigenvalue weighted by molar-refractivity contribution is 5.79. The highest BCUT2D eigenvalue weighted by Crippen LogP contribution is 2.38. The Balaban J connectivity index is 2.01. The van der Waals surface area contributed by atoms with Crippen LogP contribution in [0.2, 0.25) is 0 Å². The van der Waals surface area contributed by atoms with E-state index in [1.165, 1.54) is 19.3 Å². The van der Waals surface area contributed by atoms with Gasteiger partial charge in [-0.05, 0) is 44.9 Å². The fourth-order valence-electron chi connectivity index (χ4n) is 2.84. The van der Waals surface area contributed by atoms with Gasteiger partial charge in [0.1, 0.15) is 0 Å². The van der Waals surface area contributed by atoms with Crippen LogP contribution in [0.5, 0.6) is 0 Å². The van der Waals surface area contributed by atoms with Gasteiger partial charge in [-0.1, -0.05) is 6.92 Å². The third kappa shape index (κ3) is 2.40. The normalized spacial score (nSPS) is 29.9. The average molecular weight is 224 g/mol. The van der Waals surface area contributed by atoms with Crippen molar-refractivity contribution in [2.24, 2.45) is 17.6 Å². The standard InChI is InChI=1S/C13H24N2O/c1-9(11-6-7-11)13(16)15-8-4-3-5-12(15)10(2)14/h9-12H,3-8,14H2,1-2H3. The van der Waals surface area contributed by atoms with E-state index in [2.05, 4.69) is 11.8 Å². The summed E-state index contributed by atoms with van der Waals surface area (Å²) < 4.78 is 0. The fourth-order valence-corrected chi connectivity index (χ4v) is 2.84. The molecule has 1 aliphatic carbocycles. The Labute approximate surface area is 98.4 Å². The van der Waals surface area contributed by atoms with E-state index in [9.17, 15) is 4.79 Å². The first kappa shape index (κ1) is 11.9. The summed E-state index contributed by atoms with van der Waals surface area (Å²) in [4.78, 5) is 14.4. The summed E-state index contributed by atoms with van der Waals surface area (Å²) in [5.74, 6) is 1.23. The van der Waals surface area contributed by atoms with Gasteiger partial charge in [-0.25, -0.2) is 0 Å². The molecule has 16 heavy (non-hydrogen) atoms. The molecule has 3 heteroatoms. The number of likely N-dealkylation sites (tertiary alicyclic amines) is 1. The molecule has 0 aromatic heterocycles. The third-order valence-electron chi connectivity index (χ3n) is 4.16. The van der Waals surface area contributed by atoms with Crippen LogP contribution in [0.25, 0.3) is 0 Å². The summed E-state index contributed by atoms with van der Waals surface area (Å²) in [7, 11) is 0. The lowest BCUT2D eigenvalue weighted by atomic mass is 9.94. The van der Waals surface area contributed by atoms with E-state index in [0.29, 0.717) is 11.8 Å². The van der Waals surface area contributed by atoms with E-state index in [1.807, 2.05) is 6.92 Å². The minimum Gasteiger partial charge on any atom is -0.338 e. The Bertz CT molecular complexity index is 261. The highest BCUT2D eigenvalue weighted by atomic mass is 16.2. The number of hydrogen-bond donors (Lipinski definition) is 1. The Morgan fingerprint density at radius 1 is 1.25 bits per heavy atom. The molecule has 1 saturated carbocycles. The van der Waals surface area contributed by atoms with Gasteiger partial charge in [0.05, 0.1) is 0 Å². The van der Waals surface area contributed by atoms with Crippen LogP contribution in [0.15, 0.2) is 0 Å². The van der Waals surface area contributed by atoms with Crippen molar-refractivity contribution in [3.63, 3.8) is 0 Å². The number of rotatable bonds is 3. The van der Waals surface area contributed by atoms with Gasteiger partial charge in [-0.2, -0.15) is 0 Å². The van der Waals surface area contributed by atoms with Crippen LogP contribution >= 0.6 is 0 Å². The molecule has 1 saturated heterocycles. The molecule has 0 spiro atoms. The molecular formula is C13H24N2O. The first-order valence-electron chi connectivity index (χ1n) is 6.67. The maximum Gasteiger partial charge on any atom is 0.225 e. The molecule has 0 aromatic rings. The summed E-state index contributed by atoms with van der Waals surface area (Å²) in [5, 5.41) is 0. The minimum atomic E-state index is 0.107. The molecule has 1 aliphatic heterocycles. The van der Waals surface area contributed by atoms with Crippen LogP contribution in [0.3, 0.4) is 0 Å². The maximum absolute atomic E-state index is 12.4. The number of piperidine rings is 1. The van der Waals surface area contributed by atoms with Crippen molar-refractivity contribution in [3.05, 3.63) is 0 Å². The molecule has 1 heterocycles. The zero-order valence-corrected chi connectivity index (χ0v) is 10.5. The lowest BCUT2D eigenvalue weighted by molar-refractivity contribution is -0.139. The number of nitrogens with zero attached hydrogens (tertiary/aromatic N) is 1. The third-order valence-corrected chi connectivity index (χ3v) is 4.16. The Morgan fingerprint density at radius 2 is 1.94 bits per heavy atom. The van der Waals surface area contributed by atoms with Gasteiger partial charge in [-0.3, -0.25) is 4.79 Å². The zero-order chi connectivity index (χ0) is 11.7. The second-order valence-electron chi connectivity index (χ2n) is 5.58. The van der Waals surface area contributed by atoms with E-state index in [1.54, 1.807) is 0 Å². The molecule has 0 aromatic carbocycles. The molecule has 2 rings (SSSR count). The molecule has 2 N–H and O–H groups in total. The van der Waals surface area contributed by atoms with Crippen LogP contribution in [-0.2, 0) is 4.79 Å². The van der Waals surface area contributed by atoms with Crippen LogP contribution in [0.4, 0.5) is 0 Å². The number of hydrogen-bond acceptors (Lipinski definition) is 2. The van der Waals surface area contributed by atoms with Gasteiger partial charge in [-0.15, -0.1) is 0 Å². The molecule has 1 amide bonds. The smallest absolute Gasteiger partial charge is 0.225 e. The number of carbonyl (C=O) groups is 1. The fraction of sp³-hybridized carbons (Fsp3) is 0.923. The molecule has 0 radical (unpaired) electrons.